The predicted molar refractivity (Wildman–Crippen MR) is 173 cm³/mol. The molecule has 8 N–H and O–H groups in total. The fourth-order valence-corrected chi connectivity index (χ4v) is 8.52. The molecule has 45 heavy (non-hydrogen) atoms. The van der Waals surface area contributed by atoms with Gasteiger partial charge in [-0.05, 0) is 60.6 Å². The van der Waals surface area contributed by atoms with E-state index in [4.69, 9.17) is 0 Å². The third kappa shape index (κ3) is 5.93. The summed E-state index contributed by atoms with van der Waals surface area (Å²) >= 11 is 1.75. The van der Waals surface area contributed by atoms with Gasteiger partial charge in [0, 0.05) is 58.4 Å². The molecule has 4 aliphatic rings. The minimum Gasteiger partial charge on any atom is -0.495 e. The van der Waals surface area contributed by atoms with Crippen molar-refractivity contribution < 1.29 is 34.8 Å². The monoisotopic (exact) mass is 638 g/mol. The Morgan fingerprint density at radius 2 is 1.71 bits per heavy atom. The smallest absolute Gasteiger partial charge is 0.303 e. The van der Waals surface area contributed by atoms with Gasteiger partial charge >= 0.3 is 11.9 Å². The number of aromatic nitrogens is 1. The highest BCUT2D eigenvalue weighted by Crippen LogP contribution is 2.64. The van der Waals surface area contributed by atoms with Crippen molar-refractivity contribution in [3.8, 4) is 0 Å². The fourth-order valence-electron chi connectivity index (χ4n) is 7.12. The van der Waals surface area contributed by atoms with Crippen LogP contribution in [0.4, 0.5) is 0 Å². The van der Waals surface area contributed by atoms with E-state index < -0.39 is 11.9 Å². The van der Waals surface area contributed by atoms with Gasteiger partial charge in [-0.1, -0.05) is 33.4 Å². The van der Waals surface area contributed by atoms with E-state index in [0.717, 1.165) is 28.1 Å². The van der Waals surface area contributed by atoms with Gasteiger partial charge in [0.05, 0.1) is 23.3 Å². The maximum absolute atomic E-state index is 12.6. The lowest BCUT2D eigenvalue weighted by Crippen LogP contribution is -2.37. The number of nitrogens with one attached hydrogen (secondary N) is 4. The van der Waals surface area contributed by atoms with Crippen molar-refractivity contribution >= 4 is 41.8 Å². The molecule has 0 aliphatic carbocycles. The second kappa shape index (κ2) is 12.5. The molecule has 242 valence electrons. The van der Waals surface area contributed by atoms with Crippen molar-refractivity contribution in [3.05, 3.63) is 69.2 Å². The summed E-state index contributed by atoms with van der Waals surface area (Å²) in [6.45, 7) is 11.5. The summed E-state index contributed by atoms with van der Waals surface area (Å²) < 4.78 is -0.294. The van der Waals surface area contributed by atoms with E-state index in [1.165, 1.54) is 0 Å². The van der Waals surface area contributed by atoms with Crippen LogP contribution in [-0.2, 0) is 20.8 Å². The van der Waals surface area contributed by atoms with Crippen LogP contribution in [0.1, 0.15) is 69.0 Å². The van der Waals surface area contributed by atoms with E-state index in [2.05, 4.69) is 34.4 Å². The van der Waals surface area contributed by atoms with Crippen LogP contribution in [0.15, 0.2) is 46.7 Å². The number of hydrogen-bond acceptors (Lipinski definition) is 8. The zero-order valence-corrected chi connectivity index (χ0v) is 26.8. The molecule has 5 rings (SSSR count). The van der Waals surface area contributed by atoms with Crippen molar-refractivity contribution in [3.63, 3.8) is 0 Å². The predicted octanol–water partition coefficient (Wildman–Crippen LogP) is 3.74. The van der Waals surface area contributed by atoms with Crippen LogP contribution in [0.3, 0.4) is 0 Å². The van der Waals surface area contributed by atoms with Gasteiger partial charge in [0.2, 0.25) is 5.91 Å². The molecule has 4 aliphatic heterocycles. The summed E-state index contributed by atoms with van der Waals surface area (Å²) in [6.07, 6.45) is 6.21. The number of allylic oxidation sites excluding steroid dienone is 2. The third-order valence-corrected chi connectivity index (χ3v) is 11.7. The summed E-state index contributed by atoms with van der Waals surface area (Å²) in [6, 6.07) is -0.473. The number of H-pyrrole nitrogens is 1. The minimum atomic E-state index is -0.959. The lowest BCUT2D eigenvalue weighted by Gasteiger charge is -2.23. The third-order valence-electron chi connectivity index (χ3n) is 9.87. The number of carbonyl (C=O) groups excluding carboxylic acids is 1. The first kappa shape index (κ1) is 32.5. The Labute approximate surface area is 266 Å². The number of rotatable bonds is 12. The molecule has 0 radical (unpaired) electrons. The van der Waals surface area contributed by atoms with E-state index >= 15 is 0 Å². The van der Waals surface area contributed by atoms with Gasteiger partial charge in [0.1, 0.15) is 0 Å². The van der Waals surface area contributed by atoms with E-state index in [1.807, 2.05) is 32.9 Å². The zero-order valence-electron chi connectivity index (χ0n) is 26.0. The van der Waals surface area contributed by atoms with Crippen LogP contribution < -0.4 is 16.0 Å². The fraction of sp³-hybridized carbons (Fsp3) is 0.485. The van der Waals surface area contributed by atoms with Crippen molar-refractivity contribution in [2.45, 2.75) is 81.9 Å². The van der Waals surface area contributed by atoms with Crippen molar-refractivity contribution in [1.82, 2.24) is 20.9 Å². The standard InChI is InChI=1S/C33H42N4O7S/c1-6-19-15(2)23(36-32(19)44)11-27-22(14-38)21(8-10-30(41)42)26(35-27)12-25-20(7-9-29(39)40)16(3)24(34-25)13-28-33(18(5)45-33)17(4)31(43)37-28/h6,12-13,15,17-18,23,27,34-36,38,44H,1,7-11,14H2,2-5H3,(H,37,43)(H,39,40)(H,41,42)/b26-12-,28-13-/t15?,17-,18-,23+,27?,33+/m0/s1. The highest BCUT2D eigenvalue weighted by atomic mass is 32.2. The molecule has 6 atom stereocenters. The molecule has 0 saturated carbocycles. The summed E-state index contributed by atoms with van der Waals surface area (Å²) in [4.78, 5) is 39.3. The average molecular weight is 639 g/mol. The second-order valence-corrected chi connectivity index (χ2v) is 14.0. The number of hydrogen-bond donors (Lipinski definition) is 8. The number of aliphatic carboxylic acids is 2. The van der Waals surface area contributed by atoms with Gasteiger partial charge in [-0.2, -0.15) is 0 Å². The molecule has 12 heteroatoms. The van der Waals surface area contributed by atoms with Crippen molar-refractivity contribution in [1.29, 1.82) is 0 Å². The molecule has 2 unspecified atom stereocenters. The number of aliphatic hydroxyl groups is 2. The Morgan fingerprint density at radius 3 is 2.29 bits per heavy atom. The summed E-state index contributed by atoms with van der Waals surface area (Å²) in [5.74, 6) is -2.01. The lowest BCUT2D eigenvalue weighted by atomic mass is 9.89. The summed E-state index contributed by atoms with van der Waals surface area (Å²) in [7, 11) is 0. The first-order valence-electron chi connectivity index (χ1n) is 15.3. The van der Waals surface area contributed by atoms with Gasteiger partial charge in [-0.15, -0.1) is 11.8 Å². The highest BCUT2D eigenvalue weighted by Gasteiger charge is 2.65. The topological polar surface area (TPSA) is 184 Å². The number of amides is 1. The van der Waals surface area contributed by atoms with Gasteiger partial charge in [-0.3, -0.25) is 14.4 Å². The van der Waals surface area contributed by atoms with Crippen molar-refractivity contribution in [2.24, 2.45) is 11.8 Å². The molecule has 0 aromatic carbocycles. The van der Waals surface area contributed by atoms with Crippen LogP contribution in [-0.4, -0.2) is 71.9 Å². The van der Waals surface area contributed by atoms with Crippen LogP contribution in [0.25, 0.3) is 12.2 Å². The normalized spacial score (nSPS) is 30.8. The lowest BCUT2D eigenvalue weighted by molar-refractivity contribution is -0.138. The minimum absolute atomic E-state index is 0.0171. The molecular weight excluding hydrogens is 596 g/mol. The Hall–Kier alpha value is -3.90. The maximum atomic E-state index is 12.6. The number of carboxylic acid groups (broad SMARTS) is 2. The zero-order chi connectivity index (χ0) is 32.8. The molecular formula is C33H42N4O7S. The molecule has 1 aromatic rings. The van der Waals surface area contributed by atoms with Crippen LogP contribution in [0, 0.1) is 18.8 Å². The molecule has 2 fully saturated rings. The largest absolute Gasteiger partial charge is 0.495 e. The van der Waals surface area contributed by atoms with Gasteiger partial charge in [-0.25, -0.2) is 0 Å². The highest BCUT2D eigenvalue weighted by molar-refractivity contribution is 8.09. The Balaban J connectivity index is 1.53. The Kier molecular flexibility index (Phi) is 9.01. The number of aliphatic hydroxyl groups excluding tert-OH is 2. The SMILES string of the molecule is C=CC1=C(O)N[C@H](CC2N/C(=C\c3[nH]c(/C=C4\NC(=O)[C@H](C)[C@]45S[C@H]5C)c(C)c3CCC(=O)O)C(CCC(=O)O)=C2CO)C1C. The number of aromatic amines is 1. The summed E-state index contributed by atoms with van der Waals surface area (Å²) in [5.41, 5.74) is 6.71. The second-order valence-electron chi connectivity index (χ2n) is 12.4. The molecule has 5 heterocycles. The summed E-state index contributed by atoms with van der Waals surface area (Å²) in [5, 5.41) is 49.8. The first-order valence-corrected chi connectivity index (χ1v) is 16.2. The quantitative estimate of drug-likeness (QED) is 0.157. The molecule has 1 spiro atoms. The van der Waals surface area contributed by atoms with E-state index in [9.17, 15) is 34.8 Å². The van der Waals surface area contributed by atoms with Crippen LogP contribution in [0.5, 0.6) is 0 Å². The van der Waals surface area contributed by atoms with Gasteiger partial charge in [0.25, 0.3) is 0 Å². The first-order chi connectivity index (χ1) is 21.3. The van der Waals surface area contributed by atoms with Crippen LogP contribution in [0.2, 0.25) is 0 Å². The Morgan fingerprint density at radius 1 is 1.04 bits per heavy atom. The number of carboxylic acids is 2. The Bertz CT molecular complexity index is 1570. The number of carbonyl (C=O) groups is 3. The molecule has 2 saturated heterocycles. The van der Waals surface area contributed by atoms with E-state index in [-0.39, 0.29) is 78.0 Å². The average Bonchev–Trinajstić information content (AvgIpc) is 3.13. The molecule has 1 amide bonds. The van der Waals surface area contributed by atoms with Gasteiger partial charge < -0.3 is 41.4 Å². The molecule has 11 nitrogen and oxygen atoms in total. The number of thioether (sulfide) groups is 1. The van der Waals surface area contributed by atoms with E-state index in [1.54, 1.807) is 17.8 Å². The molecule has 1 aromatic heterocycles. The van der Waals surface area contributed by atoms with Gasteiger partial charge in [0.15, 0.2) is 5.88 Å². The van der Waals surface area contributed by atoms with Crippen LogP contribution >= 0.6 is 11.8 Å². The van der Waals surface area contributed by atoms with E-state index in [0.29, 0.717) is 29.0 Å². The van der Waals surface area contributed by atoms with Crippen molar-refractivity contribution in [2.75, 3.05) is 6.61 Å². The molecule has 0 bridgehead atoms. The maximum Gasteiger partial charge on any atom is 0.303 e.